The molecule has 0 aromatic heterocycles. The first kappa shape index (κ1) is 13.9. The summed E-state index contributed by atoms with van der Waals surface area (Å²) < 4.78 is 28.4. The average molecular weight is 295 g/mol. The summed E-state index contributed by atoms with van der Waals surface area (Å²) in [7, 11) is -3.35. The fourth-order valence-corrected chi connectivity index (χ4v) is 4.64. The molecule has 0 amide bonds. The minimum absolute atomic E-state index is 0.447. The highest BCUT2D eigenvalue weighted by molar-refractivity contribution is 7.90. The van der Waals surface area contributed by atoms with Gasteiger partial charge in [0.1, 0.15) is 0 Å². The third-order valence-corrected chi connectivity index (χ3v) is 6.01. The van der Waals surface area contributed by atoms with Gasteiger partial charge < -0.3 is 5.32 Å². The molecule has 2 fully saturated rings. The Morgan fingerprint density at radius 2 is 2.20 bits per heavy atom. The van der Waals surface area contributed by atoms with Gasteiger partial charge in [0.25, 0.3) is 0 Å². The van der Waals surface area contributed by atoms with Crippen LogP contribution in [0.5, 0.6) is 0 Å². The van der Waals surface area contributed by atoms with Crippen LogP contribution in [0.4, 0.5) is 5.69 Å². The molecule has 1 aromatic carbocycles. The van der Waals surface area contributed by atoms with Crippen molar-refractivity contribution in [3.05, 3.63) is 29.8 Å². The summed E-state index contributed by atoms with van der Waals surface area (Å²) in [6, 6.07) is 7.68. The zero-order valence-corrected chi connectivity index (χ0v) is 12.6. The Kier molecular flexibility index (Phi) is 3.70. The second-order valence-corrected chi connectivity index (χ2v) is 7.49. The highest BCUT2D eigenvalue weighted by atomic mass is 32.2. The number of anilines is 1. The predicted octanol–water partition coefficient (Wildman–Crippen LogP) is 0.971. The molecule has 6 heteroatoms. The number of rotatable bonds is 3. The molecule has 5 nitrogen and oxygen atoms in total. The molecule has 2 saturated heterocycles. The van der Waals surface area contributed by atoms with Gasteiger partial charge in [0.2, 0.25) is 0 Å². The number of aryl methyl sites for hydroxylation is 1. The molecule has 2 aliphatic heterocycles. The Bertz CT molecular complexity index is 582. The van der Waals surface area contributed by atoms with Crippen molar-refractivity contribution in [2.45, 2.75) is 13.3 Å². The summed E-state index contributed by atoms with van der Waals surface area (Å²) in [4.78, 5) is 0. The van der Waals surface area contributed by atoms with Crippen LogP contribution in [0.25, 0.3) is 0 Å². The molecule has 0 radical (unpaired) electrons. The fourth-order valence-electron chi connectivity index (χ4n) is 2.96. The summed E-state index contributed by atoms with van der Waals surface area (Å²) in [6.45, 7) is 5.68. The molecule has 0 spiro atoms. The van der Waals surface area contributed by atoms with Crippen LogP contribution in [0.15, 0.2) is 24.3 Å². The third kappa shape index (κ3) is 2.55. The van der Waals surface area contributed by atoms with Crippen LogP contribution in [0.3, 0.4) is 0 Å². The van der Waals surface area contributed by atoms with Gasteiger partial charge in [0.15, 0.2) is 0 Å². The van der Waals surface area contributed by atoms with Crippen molar-refractivity contribution in [2.24, 2.45) is 5.92 Å². The van der Waals surface area contributed by atoms with Crippen molar-refractivity contribution < 1.29 is 8.42 Å². The molecule has 2 aliphatic rings. The van der Waals surface area contributed by atoms with Crippen LogP contribution in [0.1, 0.15) is 12.0 Å². The van der Waals surface area contributed by atoms with E-state index in [1.54, 1.807) is 4.31 Å². The maximum atomic E-state index is 12.6. The standard InChI is InChI=1S/C14H21N3O2S/c1-12-3-2-4-14(9-12)17-8-7-16(20(17,18)19)11-13-5-6-15-10-13/h2-4,9,13,15H,5-8,10-11H2,1H3. The molecule has 0 saturated carbocycles. The number of nitrogens with one attached hydrogen (secondary N) is 1. The van der Waals surface area contributed by atoms with E-state index in [0.29, 0.717) is 25.6 Å². The topological polar surface area (TPSA) is 52.6 Å². The molecule has 2 heterocycles. The minimum Gasteiger partial charge on any atom is -0.316 e. The zero-order valence-electron chi connectivity index (χ0n) is 11.7. The summed E-state index contributed by atoms with van der Waals surface area (Å²) in [5, 5.41) is 3.29. The Labute approximate surface area is 120 Å². The number of hydrogen-bond acceptors (Lipinski definition) is 3. The summed E-state index contributed by atoms with van der Waals surface area (Å²) in [6.07, 6.45) is 1.07. The van der Waals surface area contributed by atoms with Gasteiger partial charge in [0, 0.05) is 19.6 Å². The number of benzene rings is 1. The molecule has 0 aliphatic carbocycles. The predicted molar refractivity (Wildman–Crippen MR) is 80.0 cm³/mol. The first-order valence-electron chi connectivity index (χ1n) is 7.12. The Morgan fingerprint density at radius 3 is 2.90 bits per heavy atom. The Balaban J connectivity index is 1.78. The second kappa shape index (κ2) is 5.35. The molecule has 0 bridgehead atoms. The summed E-state index contributed by atoms with van der Waals surface area (Å²) in [5.74, 6) is 0.447. The lowest BCUT2D eigenvalue weighted by molar-refractivity contribution is 0.381. The molecule has 110 valence electrons. The zero-order chi connectivity index (χ0) is 14.2. The SMILES string of the molecule is Cc1cccc(N2CCN(CC3CCNC3)S2(=O)=O)c1. The second-order valence-electron chi connectivity index (χ2n) is 5.64. The van der Waals surface area contributed by atoms with Crippen molar-refractivity contribution in [1.82, 2.24) is 9.62 Å². The van der Waals surface area contributed by atoms with Gasteiger partial charge in [-0.3, -0.25) is 4.31 Å². The van der Waals surface area contributed by atoms with E-state index in [1.807, 2.05) is 31.2 Å². The monoisotopic (exact) mass is 295 g/mol. The highest BCUT2D eigenvalue weighted by Crippen LogP contribution is 2.27. The Hall–Kier alpha value is -1.11. The number of nitrogens with zero attached hydrogens (tertiary/aromatic N) is 2. The van der Waals surface area contributed by atoms with E-state index in [4.69, 9.17) is 0 Å². The van der Waals surface area contributed by atoms with E-state index < -0.39 is 10.2 Å². The lowest BCUT2D eigenvalue weighted by Crippen LogP contribution is -2.36. The largest absolute Gasteiger partial charge is 0.316 e. The van der Waals surface area contributed by atoms with E-state index in [-0.39, 0.29) is 0 Å². The van der Waals surface area contributed by atoms with Crippen LogP contribution in [-0.4, -0.2) is 45.4 Å². The van der Waals surface area contributed by atoms with Crippen LogP contribution in [0.2, 0.25) is 0 Å². The lowest BCUT2D eigenvalue weighted by Gasteiger charge is -2.22. The highest BCUT2D eigenvalue weighted by Gasteiger charge is 2.38. The summed E-state index contributed by atoms with van der Waals surface area (Å²) in [5.41, 5.74) is 1.85. The van der Waals surface area contributed by atoms with Gasteiger partial charge in [-0.2, -0.15) is 12.7 Å². The smallest absolute Gasteiger partial charge is 0.304 e. The molecule has 1 aromatic rings. The van der Waals surface area contributed by atoms with Crippen molar-refractivity contribution in [2.75, 3.05) is 37.0 Å². The van der Waals surface area contributed by atoms with Gasteiger partial charge in [-0.05, 0) is 50.0 Å². The van der Waals surface area contributed by atoms with E-state index in [2.05, 4.69) is 5.32 Å². The molecule has 1 unspecified atom stereocenters. The van der Waals surface area contributed by atoms with E-state index in [9.17, 15) is 8.42 Å². The molecule has 20 heavy (non-hydrogen) atoms. The first-order chi connectivity index (χ1) is 9.57. The lowest BCUT2D eigenvalue weighted by atomic mass is 10.1. The van der Waals surface area contributed by atoms with Crippen molar-refractivity contribution in [1.29, 1.82) is 0 Å². The van der Waals surface area contributed by atoms with Gasteiger partial charge in [0.05, 0.1) is 5.69 Å². The molecule has 1 N–H and O–H groups in total. The molecule has 3 rings (SSSR count). The average Bonchev–Trinajstić information content (AvgIpc) is 2.99. The van der Waals surface area contributed by atoms with Crippen molar-refractivity contribution in [3.63, 3.8) is 0 Å². The van der Waals surface area contributed by atoms with Gasteiger partial charge >= 0.3 is 10.2 Å². The minimum atomic E-state index is -3.35. The molecular weight excluding hydrogens is 274 g/mol. The Morgan fingerprint density at radius 1 is 1.35 bits per heavy atom. The number of hydrogen-bond donors (Lipinski definition) is 1. The van der Waals surface area contributed by atoms with Crippen molar-refractivity contribution >= 4 is 15.9 Å². The van der Waals surface area contributed by atoms with E-state index in [1.165, 1.54) is 4.31 Å². The third-order valence-electron chi connectivity index (χ3n) is 4.07. The fraction of sp³-hybridized carbons (Fsp3) is 0.571. The molecular formula is C14H21N3O2S. The van der Waals surface area contributed by atoms with Gasteiger partial charge in [-0.25, -0.2) is 0 Å². The van der Waals surface area contributed by atoms with Gasteiger partial charge in [-0.15, -0.1) is 0 Å². The van der Waals surface area contributed by atoms with E-state index in [0.717, 1.165) is 30.8 Å². The first-order valence-corrected chi connectivity index (χ1v) is 8.52. The quantitative estimate of drug-likeness (QED) is 0.904. The molecule has 1 atom stereocenters. The van der Waals surface area contributed by atoms with Gasteiger partial charge in [-0.1, -0.05) is 12.1 Å². The van der Waals surface area contributed by atoms with Crippen LogP contribution in [0, 0.1) is 12.8 Å². The van der Waals surface area contributed by atoms with Crippen LogP contribution >= 0.6 is 0 Å². The van der Waals surface area contributed by atoms with Crippen LogP contribution in [-0.2, 0) is 10.2 Å². The normalized spacial score (nSPS) is 26.2. The van der Waals surface area contributed by atoms with Crippen molar-refractivity contribution in [3.8, 4) is 0 Å². The van der Waals surface area contributed by atoms with Crippen LogP contribution < -0.4 is 9.62 Å². The van der Waals surface area contributed by atoms with E-state index >= 15 is 0 Å². The maximum absolute atomic E-state index is 12.6. The maximum Gasteiger partial charge on any atom is 0.304 e. The summed E-state index contributed by atoms with van der Waals surface area (Å²) >= 11 is 0.